The van der Waals surface area contributed by atoms with Gasteiger partial charge in [0.1, 0.15) is 6.20 Å². The van der Waals surface area contributed by atoms with E-state index in [-0.39, 0.29) is 0 Å². The summed E-state index contributed by atoms with van der Waals surface area (Å²) in [6, 6.07) is 7.29. The van der Waals surface area contributed by atoms with E-state index in [0.717, 1.165) is 41.6 Å². The number of quaternary nitrogens is 1. The minimum atomic E-state index is -3.31. The van der Waals surface area contributed by atoms with Crippen LogP contribution in [0.15, 0.2) is 45.8 Å². The van der Waals surface area contributed by atoms with Crippen LogP contribution in [0.3, 0.4) is 0 Å². The molecule has 0 radical (unpaired) electrons. The Hall–Kier alpha value is -1.39. The summed E-state index contributed by atoms with van der Waals surface area (Å²) in [6.07, 6.45) is 6.26. The van der Waals surface area contributed by atoms with Gasteiger partial charge in [-0.3, -0.25) is 4.48 Å². The number of piperidine rings is 1. The number of nitrogens with zero attached hydrogens (tertiary/aromatic N) is 1. The zero-order valence-corrected chi connectivity index (χ0v) is 12.4. The number of fused-ring (bicyclic) bond motifs is 3. The molecule has 1 aromatic rings. The van der Waals surface area contributed by atoms with Crippen molar-refractivity contribution in [1.82, 2.24) is 0 Å². The van der Waals surface area contributed by atoms with Crippen molar-refractivity contribution in [3.63, 3.8) is 0 Å². The van der Waals surface area contributed by atoms with Gasteiger partial charge in [0.2, 0.25) is 9.84 Å². The van der Waals surface area contributed by atoms with Gasteiger partial charge in [0.15, 0.2) is 0 Å². The van der Waals surface area contributed by atoms with Crippen molar-refractivity contribution in [2.45, 2.75) is 17.7 Å². The summed E-state index contributed by atoms with van der Waals surface area (Å²) in [5.74, 6) is 0.422. The maximum atomic E-state index is 12.7. The van der Waals surface area contributed by atoms with Gasteiger partial charge in [-0.25, -0.2) is 8.42 Å². The second kappa shape index (κ2) is 3.83. The Morgan fingerprint density at radius 3 is 2.50 bits per heavy atom. The molecule has 0 aromatic heterocycles. The van der Waals surface area contributed by atoms with E-state index in [1.807, 2.05) is 18.2 Å². The Morgan fingerprint density at radius 2 is 1.85 bits per heavy atom. The van der Waals surface area contributed by atoms with E-state index in [9.17, 15) is 8.42 Å². The molecule has 1 aromatic carbocycles. The van der Waals surface area contributed by atoms with Crippen molar-refractivity contribution in [3.05, 3.63) is 46.5 Å². The minimum Gasteiger partial charge on any atom is -0.299 e. The average molecular weight is 288 g/mol. The van der Waals surface area contributed by atoms with Gasteiger partial charge in [-0.1, -0.05) is 18.2 Å². The fourth-order valence-corrected chi connectivity index (χ4v) is 5.47. The van der Waals surface area contributed by atoms with E-state index in [2.05, 4.69) is 13.2 Å². The normalized spacial score (nSPS) is 33.5. The first kappa shape index (κ1) is 12.4. The van der Waals surface area contributed by atoms with Crippen LogP contribution in [0.25, 0.3) is 6.08 Å². The van der Waals surface area contributed by atoms with Crippen LogP contribution >= 0.6 is 0 Å². The Balaban J connectivity index is 1.88. The quantitative estimate of drug-likeness (QED) is 0.744. The number of hydrogen-bond acceptors (Lipinski definition) is 2. The first-order valence-corrected chi connectivity index (χ1v) is 8.61. The molecule has 5 rings (SSSR count). The second-order valence-corrected chi connectivity index (χ2v) is 8.22. The lowest BCUT2D eigenvalue weighted by Gasteiger charge is -2.44. The van der Waals surface area contributed by atoms with Crippen LogP contribution in [0.4, 0.5) is 0 Å². The molecule has 3 nitrogen and oxygen atoms in total. The van der Waals surface area contributed by atoms with Gasteiger partial charge in [-0.05, 0) is 17.7 Å². The molecular formula is C16H18NO2S+. The molecule has 0 N–H and O–H groups in total. The lowest BCUT2D eigenvalue weighted by atomic mass is 9.84. The molecule has 4 heteroatoms. The predicted octanol–water partition coefficient (Wildman–Crippen LogP) is 2.57. The van der Waals surface area contributed by atoms with Crippen LogP contribution in [0.2, 0.25) is 0 Å². The Morgan fingerprint density at radius 1 is 1.15 bits per heavy atom. The number of allylic oxidation sites excluding steroid dienone is 1. The van der Waals surface area contributed by atoms with E-state index < -0.39 is 9.84 Å². The third-order valence-corrected chi connectivity index (χ3v) is 6.82. The van der Waals surface area contributed by atoms with E-state index in [4.69, 9.17) is 0 Å². The summed E-state index contributed by atoms with van der Waals surface area (Å²) in [5.41, 5.74) is 1.89. The summed E-state index contributed by atoms with van der Waals surface area (Å²) in [5, 5.41) is 0. The summed E-state index contributed by atoms with van der Waals surface area (Å²) in [6.45, 7) is 2.27. The van der Waals surface area contributed by atoms with Crippen LogP contribution in [-0.2, 0) is 9.84 Å². The molecule has 0 saturated carbocycles. The Bertz CT molecular complexity index is 750. The van der Waals surface area contributed by atoms with Gasteiger partial charge in [-0.2, -0.15) is 0 Å². The monoisotopic (exact) mass is 288 g/mol. The highest BCUT2D eigenvalue weighted by Gasteiger charge is 2.43. The molecule has 4 aliphatic rings. The molecule has 4 aliphatic heterocycles. The molecule has 1 saturated heterocycles. The Kier molecular flexibility index (Phi) is 2.37. The van der Waals surface area contributed by atoms with Crippen LogP contribution in [0.1, 0.15) is 18.4 Å². The Labute approximate surface area is 119 Å². The average Bonchev–Trinajstić information content (AvgIpc) is 2.71. The first-order chi connectivity index (χ1) is 9.50. The minimum absolute atomic E-state index is 0.422. The van der Waals surface area contributed by atoms with Crippen LogP contribution in [-0.4, -0.2) is 33.0 Å². The van der Waals surface area contributed by atoms with Gasteiger partial charge < -0.3 is 0 Å². The van der Waals surface area contributed by atoms with Crippen LogP contribution in [0.5, 0.6) is 0 Å². The van der Waals surface area contributed by atoms with Crippen molar-refractivity contribution in [2.75, 3.05) is 20.1 Å². The smallest absolute Gasteiger partial charge is 0.207 e. The molecule has 0 atom stereocenters. The van der Waals surface area contributed by atoms with Crippen LogP contribution < -0.4 is 0 Å². The van der Waals surface area contributed by atoms with Gasteiger partial charge in [0.05, 0.1) is 29.9 Å². The van der Waals surface area contributed by atoms with Gasteiger partial charge in [0, 0.05) is 24.3 Å². The summed E-state index contributed by atoms with van der Waals surface area (Å²) < 4.78 is 26.4. The maximum Gasteiger partial charge on any atom is 0.207 e. The molecule has 0 aliphatic carbocycles. The zero-order valence-electron chi connectivity index (χ0n) is 11.5. The summed E-state index contributed by atoms with van der Waals surface area (Å²) in [4.78, 5) is 1.02. The summed E-state index contributed by atoms with van der Waals surface area (Å²) in [7, 11) is -1.11. The fraction of sp³-hybridized carbons (Fsp3) is 0.375. The van der Waals surface area contributed by atoms with Gasteiger partial charge in [-0.15, -0.1) is 0 Å². The van der Waals surface area contributed by atoms with Crippen LogP contribution in [0, 0.1) is 5.92 Å². The maximum absolute atomic E-state index is 12.7. The molecule has 0 unspecified atom stereocenters. The lowest BCUT2D eigenvalue weighted by molar-refractivity contribution is -0.870. The third kappa shape index (κ3) is 1.58. The molecule has 1 fully saturated rings. The largest absolute Gasteiger partial charge is 0.299 e. The summed E-state index contributed by atoms with van der Waals surface area (Å²) >= 11 is 0. The first-order valence-electron chi connectivity index (χ1n) is 7.13. The highest BCUT2D eigenvalue weighted by atomic mass is 32.2. The molecule has 2 bridgehead atoms. The molecule has 0 spiro atoms. The lowest BCUT2D eigenvalue weighted by Crippen LogP contribution is -2.50. The molecule has 20 heavy (non-hydrogen) atoms. The van der Waals surface area contributed by atoms with Gasteiger partial charge >= 0.3 is 0 Å². The third-order valence-electron chi connectivity index (χ3n) is 4.94. The molecular weight excluding hydrogens is 270 g/mol. The topological polar surface area (TPSA) is 34.1 Å². The standard InChI is InChI=1S/C16H18NO2S/c1-17-8-6-12(7-9-17)14(11-17)16-10-13-4-2-3-5-15(13)20(16,18)19/h2-5,10-12H,6-9H2,1H3/q+1. The number of rotatable bonds is 1. The number of benzene rings is 1. The second-order valence-electron chi connectivity index (χ2n) is 6.34. The van der Waals surface area contributed by atoms with E-state index in [1.54, 1.807) is 12.1 Å². The molecule has 0 amide bonds. The molecule has 104 valence electrons. The van der Waals surface area contributed by atoms with Crippen molar-refractivity contribution in [2.24, 2.45) is 5.92 Å². The van der Waals surface area contributed by atoms with E-state index in [0.29, 0.717) is 15.7 Å². The molecule has 4 heterocycles. The number of hydrogen-bond donors (Lipinski definition) is 0. The van der Waals surface area contributed by atoms with Crippen molar-refractivity contribution < 1.29 is 12.9 Å². The highest BCUT2D eigenvalue weighted by Crippen LogP contribution is 2.45. The zero-order chi connectivity index (χ0) is 14.0. The predicted molar refractivity (Wildman–Crippen MR) is 78.3 cm³/mol. The van der Waals surface area contributed by atoms with Crippen molar-refractivity contribution in [1.29, 1.82) is 0 Å². The SMILES string of the molecule is C[N+]12C=C(C3=Cc4ccccc4S3(=O)=O)C(CC1)CC2. The van der Waals surface area contributed by atoms with Crippen molar-refractivity contribution in [3.8, 4) is 0 Å². The fourth-order valence-electron chi connectivity index (χ4n) is 3.72. The van der Waals surface area contributed by atoms with E-state index in [1.165, 1.54) is 0 Å². The van der Waals surface area contributed by atoms with E-state index >= 15 is 0 Å². The van der Waals surface area contributed by atoms with Crippen molar-refractivity contribution >= 4 is 15.9 Å². The van der Waals surface area contributed by atoms with Gasteiger partial charge in [0.25, 0.3) is 0 Å². The highest BCUT2D eigenvalue weighted by molar-refractivity contribution is 7.96. The number of sulfone groups is 1.